The third kappa shape index (κ3) is 7.70. The molecule has 6 nitrogen and oxygen atoms in total. The minimum absolute atomic E-state index is 0.170. The minimum Gasteiger partial charge on any atom is -0.496 e. The average molecular weight is 580 g/mol. The van der Waals surface area contributed by atoms with Crippen molar-refractivity contribution in [3.63, 3.8) is 0 Å². The highest BCUT2D eigenvalue weighted by Gasteiger charge is 2.19. The summed E-state index contributed by atoms with van der Waals surface area (Å²) in [5.41, 5.74) is 5.16. The van der Waals surface area contributed by atoms with Gasteiger partial charge in [0.05, 0.1) is 17.7 Å². The number of carboxylic acid groups (broad SMARTS) is 1. The Morgan fingerprint density at radius 3 is 2.39 bits per heavy atom. The van der Waals surface area contributed by atoms with Crippen LogP contribution in [-0.2, 0) is 16.0 Å². The van der Waals surface area contributed by atoms with E-state index in [4.69, 9.17) is 14.6 Å². The maximum absolute atomic E-state index is 14.4. The van der Waals surface area contributed by atoms with E-state index in [1.807, 2.05) is 36.4 Å². The normalized spacial score (nSPS) is 11.6. The van der Waals surface area contributed by atoms with Crippen LogP contribution in [0.5, 0.6) is 5.75 Å². The number of unbranched alkanes of at least 4 members (excludes halogenated alkanes) is 1. The average Bonchev–Trinajstić information content (AvgIpc) is 3.30. The Bertz CT molecular complexity index is 1530. The fourth-order valence-corrected chi connectivity index (χ4v) is 5.49. The van der Waals surface area contributed by atoms with Gasteiger partial charge in [0.2, 0.25) is 0 Å². The summed E-state index contributed by atoms with van der Waals surface area (Å²) in [6.45, 7) is 3.42. The number of methoxy groups -OCH3 is 1. The van der Waals surface area contributed by atoms with Gasteiger partial charge in [0.1, 0.15) is 17.7 Å². The number of hydrogen-bond acceptors (Lipinski definition) is 5. The highest BCUT2D eigenvalue weighted by molar-refractivity contribution is 7.14. The van der Waals surface area contributed by atoms with Crippen LogP contribution in [0.1, 0.15) is 49.0 Å². The zero-order valence-corrected chi connectivity index (χ0v) is 23.8. The van der Waals surface area contributed by atoms with Crippen molar-refractivity contribution in [2.45, 2.75) is 45.6 Å². The number of benzene rings is 3. The number of halogens is 2. The lowest BCUT2D eigenvalue weighted by Gasteiger charge is -2.17. The number of aryl methyl sites for hydroxylation is 2. The van der Waals surface area contributed by atoms with Crippen molar-refractivity contribution in [2.75, 3.05) is 12.4 Å². The van der Waals surface area contributed by atoms with Gasteiger partial charge >= 0.3 is 12.1 Å². The van der Waals surface area contributed by atoms with Gasteiger partial charge in [-0.25, -0.2) is 9.18 Å². The van der Waals surface area contributed by atoms with Crippen LogP contribution in [0.25, 0.3) is 21.6 Å². The quantitative estimate of drug-likeness (QED) is 0.174. The molecule has 0 radical (unpaired) electrons. The molecule has 0 spiro atoms. The van der Waals surface area contributed by atoms with Gasteiger partial charge in [-0.05, 0) is 79.1 Å². The lowest BCUT2D eigenvalue weighted by Crippen LogP contribution is -2.16. The first-order valence-corrected chi connectivity index (χ1v) is 14.0. The minimum atomic E-state index is -0.782. The van der Waals surface area contributed by atoms with Crippen LogP contribution in [-0.4, -0.2) is 24.3 Å². The number of carbonyl (C=O) groups is 2. The Labute approximate surface area is 241 Å². The van der Waals surface area contributed by atoms with Gasteiger partial charge in [-0.3, -0.25) is 10.1 Å². The molecule has 2 N–H and O–H groups in total. The number of anilines is 1. The summed E-state index contributed by atoms with van der Waals surface area (Å²) in [5, 5.41) is 11.0. The molecule has 1 heterocycles. The summed E-state index contributed by atoms with van der Waals surface area (Å²) in [4.78, 5) is 23.9. The van der Waals surface area contributed by atoms with Crippen LogP contribution >= 0.6 is 11.3 Å². The third-order valence-corrected chi connectivity index (χ3v) is 7.70. The van der Waals surface area contributed by atoms with E-state index in [9.17, 15) is 18.4 Å². The van der Waals surface area contributed by atoms with E-state index < -0.39 is 23.3 Å². The second-order valence-corrected chi connectivity index (χ2v) is 10.7. The molecule has 0 saturated heterocycles. The van der Waals surface area contributed by atoms with Crippen LogP contribution in [0.4, 0.5) is 19.3 Å². The SMILES string of the molecule is COc1cc(-c2sc(F)cc2NC(=O)OC(C)c2ccc(F)cc2C)ccc1-c1ccc(CCCCC(=O)O)cc1. The summed E-state index contributed by atoms with van der Waals surface area (Å²) < 4.78 is 39.0. The lowest BCUT2D eigenvalue weighted by molar-refractivity contribution is -0.137. The number of carboxylic acids is 1. The Balaban J connectivity index is 1.48. The Morgan fingerprint density at radius 2 is 1.71 bits per heavy atom. The zero-order chi connectivity index (χ0) is 29.5. The maximum atomic E-state index is 14.4. The molecule has 1 atom stereocenters. The molecule has 1 amide bonds. The number of ether oxygens (including phenoxy) is 2. The molecule has 0 aliphatic carbocycles. The first-order chi connectivity index (χ1) is 19.6. The fourth-order valence-electron chi connectivity index (χ4n) is 4.65. The molecule has 0 bridgehead atoms. The number of rotatable bonds is 11. The standard InChI is InChI=1S/C32H31F2NO5S/c1-19-16-24(33)13-15-25(19)20(2)40-32(38)35-27-18-29(34)41-31(27)23-12-14-26(28(17-23)39-3)22-10-8-21(9-11-22)6-4-5-7-30(36)37/h8-18,20H,4-7H2,1-3H3,(H,35,38)(H,36,37). The third-order valence-electron chi connectivity index (χ3n) is 6.73. The monoisotopic (exact) mass is 579 g/mol. The number of carbonyl (C=O) groups excluding carboxylic acids is 1. The Morgan fingerprint density at radius 1 is 0.976 bits per heavy atom. The number of aliphatic carboxylic acids is 1. The Hall–Kier alpha value is -4.24. The molecule has 3 aromatic carbocycles. The predicted molar refractivity (Wildman–Crippen MR) is 157 cm³/mol. The molecule has 1 unspecified atom stereocenters. The van der Waals surface area contributed by atoms with Gasteiger partial charge in [0.25, 0.3) is 0 Å². The van der Waals surface area contributed by atoms with Crippen molar-refractivity contribution in [1.82, 2.24) is 0 Å². The molecule has 9 heteroatoms. The van der Waals surface area contributed by atoms with Crippen LogP contribution in [0.2, 0.25) is 0 Å². The van der Waals surface area contributed by atoms with Gasteiger partial charge in [-0.15, -0.1) is 11.3 Å². The lowest BCUT2D eigenvalue weighted by atomic mass is 9.99. The van der Waals surface area contributed by atoms with E-state index in [1.165, 1.54) is 18.2 Å². The summed E-state index contributed by atoms with van der Waals surface area (Å²) >= 11 is 0.892. The summed E-state index contributed by atoms with van der Waals surface area (Å²) in [5.74, 6) is -0.570. The fraction of sp³-hybridized carbons (Fsp3) is 0.250. The van der Waals surface area contributed by atoms with Crippen LogP contribution in [0.15, 0.2) is 66.7 Å². The van der Waals surface area contributed by atoms with Crippen LogP contribution in [0.3, 0.4) is 0 Å². The van der Waals surface area contributed by atoms with E-state index in [0.29, 0.717) is 33.7 Å². The van der Waals surface area contributed by atoms with E-state index in [-0.39, 0.29) is 17.9 Å². The summed E-state index contributed by atoms with van der Waals surface area (Å²) in [6.07, 6.45) is 1.01. The second-order valence-electron chi connectivity index (χ2n) is 9.68. The number of nitrogens with one attached hydrogen (secondary N) is 1. The largest absolute Gasteiger partial charge is 0.496 e. The van der Waals surface area contributed by atoms with Crippen LogP contribution < -0.4 is 10.1 Å². The van der Waals surface area contributed by atoms with Gasteiger partial charge in [-0.2, -0.15) is 4.39 Å². The van der Waals surface area contributed by atoms with E-state index >= 15 is 0 Å². The maximum Gasteiger partial charge on any atom is 0.412 e. The van der Waals surface area contributed by atoms with Crippen molar-refractivity contribution in [3.05, 3.63) is 94.4 Å². The molecule has 214 valence electrons. The molecule has 4 aromatic rings. The molecule has 1 aromatic heterocycles. The number of amides is 1. The van der Waals surface area contributed by atoms with Gasteiger partial charge in [-0.1, -0.05) is 42.5 Å². The van der Waals surface area contributed by atoms with Gasteiger partial charge in [0.15, 0.2) is 5.13 Å². The van der Waals surface area contributed by atoms with E-state index in [2.05, 4.69) is 5.32 Å². The molecule has 0 fully saturated rings. The van der Waals surface area contributed by atoms with E-state index in [0.717, 1.165) is 40.9 Å². The molecular formula is C32H31F2NO5S. The topological polar surface area (TPSA) is 84.9 Å². The molecule has 0 aliphatic rings. The van der Waals surface area contributed by atoms with Crippen molar-refractivity contribution < 1.29 is 33.0 Å². The molecule has 0 saturated carbocycles. The molecular weight excluding hydrogens is 548 g/mol. The number of thiophene rings is 1. The highest BCUT2D eigenvalue weighted by atomic mass is 32.1. The highest BCUT2D eigenvalue weighted by Crippen LogP contribution is 2.40. The van der Waals surface area contributed by atoms with Gasteiger partial charge in [0, 0.05) is 18.1 Å². The van der Waals surface area contributed by atoms with Crippen molar-refractivity contribution >= 4 is 29.1 Å². The van der Waals surface area contributed by atoms with Crippen molar-refractivity contribution in [1.29, 1.82) is 0 Å². The summed E-state index contributed by atoms with van der Waals surface area (Å²) in [7, 11) is 1.56. The van der Waals surface area contributed by atoms with Crippen LogP contribution in [0, 0.1) is 17.9 Å². The molecule has 4 rings (SSSR count). The first-order valence-electron chi connectivity index (χ1n) is 13.2. The smallest absolute Gasteiger partial charge is 0.412 e. The second kappa shape index (κ2) is 13.4. The Kier molecular flexibility index (Phi) is 9.73. The van der Waals surface area contributed by atoms with Gasteiger partial charge < -0.3 is 14.6 Å². The zero-order valence-electron chi connectivity index (χ0n) is 23.0. The predicted octanol–water partition coefficient (Wildman–Crippen LogP) is 8.78. The first kappa shape index (κ1) is 29.7. The van der Waals surface area contributed by atoms with Crippen molar-refractivity contribution in [2.24, 2.45) is 0 Å². The molecule has 0 aliphatic heterocycles. The van der Waals surface area contributed by atoms with E-state index in [1.54, 1.807) is 33.1 Å². The summed E-state index contributed by atoms with van der Waals surface area (Å²) in [6, 6.07) is 19.0. The molecule has 41 heavy (non-hydrogen) atoms. The number of hydrogen-bond donors (Lipinski definition) is 2. The van der Waals surface area contributed by atoms with Crippen molar-refractivity contribution in [3.8, 4) is 27.3 Å².